The molecule has 7 N–H and O–H groups in total. The van der Waals surface area contributed by atoms with Crippen molar-refractivity contribution in [2.24, 2.45) is 5.16 Å². The van der Waals surface area contributed by atoms with Crippen molar-refractivity contribution in [3.63, 3.8) is 0 Å². The fourth-order valence-electron chi connectivity index (χ4n) is 5.22. The number of aromatic amines is 1. The second kappa shape index (κ2) is 13.8. The van der Waals surface area contributed by atoms with Crippen LogP contribution in [-0.2, 0) is 29.1 Å². The number of oxime groups is 1. The largest absolute Gasteiger partial charge is 0.489 e. The van der Waals surface area contributed by atoms with Crippen LogP contribution in [0.4, 0.5) is 10.9 Å². The van der Waals surface area contributed by atoms with Gasteiger partial charge in [0.15, 0.2) is 10.8 Å². The first-order chi connectivity index (χ1) is 23.4. The number of hydrogen-bond donors (Lipinski definition) is 6. The van der Waals surface area contributed by atoms with E-state index < -0.39 is 39.9 Å². The number of fused-ring (bicyclic) bond motifs is 1. The number of benzene rings is 1. The zero-order valence-electron chi connectivity index (χ0n) is 26.1. The van der Waals surface area contributed by atoms with Gasteiger partial charge in [0, 0.05) is 16.8 Å². The molecule has 0 aliphatic carbocycles. The van der Waals surface area contributed by atoms with E-state index in [-0.39, 0.29) is 29.0 Å². The van der Waals surface area contributed by atoms with Crippen molar-refractivity contribution in [3.05, 3.63) is 47.2 Å². The van der Waals surface area contributed by atoms with Crippen molar-refractivity contribution in [2.45, 2.75) is 50.4 Å². The number of carbonyl (C=O) groups is 2. The van der Waals surface area contributed by atoms with Crippen LogP contribution in [0.2, 0.25) is 0 Å². The van der Waals surface area contributed by atoms with Crippen LogP contribution in [0.3, 0.4) is 0 Å². The number of thiazole rings is 1. The Morgan fingerprint density at radius 3 is 2.71 bits per heavy atom. The monoisotopic (exact) mass is 716 g/mol. The summed E-state index contributed by atoms with van der Waals surface area (Å²) < 4.78 is 41.7. The van der Waals surface area contributed by atoms with Gasteiger partial charge in [0.05, 0.1) is 11.1 Å². The number of hydroxylamine groups is 2. The Morgan fingerprint density at radius 2 is 2.04 bits per heavy atom. The number of aromatic nitrogens is 6. The number of nitrogens with two attached hydrogens (primary N) is 1. The summed E-state index contributed by atoms with van der Waals surface area (Å²) in [4.78, 5) is 40.6. The molecule has 1 aromatic carbocycles. The van der Waals surface area contributed by atoms with Gasteiger partial charge < -0.3 is 31.3 Å². The van der Waals surface area contributed by atoms with E-state index in [2.05, 4.69) is 51.0 Å². The van der Waals surface area contributed by atoms with Gasteiger partial charge >= 0.3 is 10.4 Å². The zero-order chi connectivity index (χ0) is 34.8. The minimum Gasteiger partial charge on any atom is -0.489 e. The quantitative estimate of drug-likeness (QED) is 0.0471. The van der Waals surface area contributed by atoms with E-state index in [1.165, 1.54) is 19.2 Å². The number of pyridine rings is 1. The molecule has 0 radical (unpaired) electrons. The molecule has 49 heavy (non-hydrogen) atoms. The molecule has 4 aromatic rings. The average Bonchev–Trinajstić information content (AvgIpc) is 3.76. The number of H-pyrrole nitrogens is 1. The second-order valence-electron chi connectivity index (χ2n) is 11.6. The number of β-lactam (4-membered cyclic amide) rings is 1. The minimum absolute atomic E-state index is 0.0273. The van der Waals surface area contributed by atoms with Gasteiger partial charge in [-0.05, 0) is 70.1 Å². The SMILES string of the molecule is CC1(C)C(NC(=O)/C(=N\OC(COc2ccc3nc(NC4CCNCC4)ccc3c2)c2nn[nH]n2)c2csc(N)n2)C(=O)N1OS(=O)(=O)O. The topological polar surface area (TPSA) is 274 Å². The number of tetrazole rings is 1. The lowest BCUT2D eigenvalue weighted by molar-refractivity contribution is -0.218. The smallest absolute Gasteiger partial charge is 0.418 e. The Hall–Kier alpha value is -5.03. The van der Waals surface area contributed by atoms with Crippen LogP contribution in [0.1, 0.15) is 44.3 Å². The Bertz CT molecular complexity index is 1960. The Kier molecular flexibility index (Phi) is 9.56. The maximum absolute atomic E-state index is 13.4. The van der Waals surface area contributed by atoms with Crippen LogP contribution in [0.5, 0.6) is 5.75 Å². The Labute approximate surface area is 282 Å². The summed E-state index contributed by atoms with van der Waals surface area (Å²) in [6, 6.07) is 8.37. The molecule has 2 atom stereocenters. The summed E-state index contributed by atoms with van der Waals surface area (Å²) in [6.45, 7) is 4.60. The van der Waals surface area contributed by atoms with E-state index in [1.54, 1.807) is 6.07 Å². The van der Waals surface area contributed by atoms with Gasteiger partial charge in [-0.3, -0.25) is 14.1 Å². The molecule has 20 nitrogen and oxygen atoms in total. The van der Waals surface area contributed by atoms with E-state index in [0.717, 1.165) is 54.0 Å². The Balaban J connectivity index is 1.17. The summed E-state index contributed by atoms with van der Waals surface area (Å²) in [5.41, 5.74) is 4.85. The summed E-state index contributed by atoms with van der Waals surface area (Å²) in [6.07, 6.45) is 0.968. The number of hydrogen-bond acceptors (Lipinski definition) is 17. The molecule has 260 valence electrons. The van der Waals surface area contributed by atoms with Crippen LogP contribution in [0, 0.1) is 0 Å². The maximum atomic E-state index is 13.4. The van der Waals surface area contributed by atoms with E-state index in [9.17, 15) is 18.0 Å². The van der Waals surface area contributed by atoms with Gasteiger partial charge in [-0.15, -0.1) is 25.8 Å². The van der Waals surface area contributed by atoms with Crippen LogP contribution >= 0.6 is 11.3 Å². The number of nitrogens with zero attached hydrogens (tertiary/aromatic N) is 7. The van der Waals surface area contributed by atoms with Crippen molar-refractivity contribution in [2.75, 3.05) is 30.7 Å². The summed E-state index contributed by atoms with van der Waals surface area (Å²) in [7, 11) is -4.99. The molecule has 2 saturated heterocycles. The molecule has 2 aliphatic rings. The van der Waals surface area contributed by atoms with Gasteiger partial charge in [0.2, 0.25) is 11.9 Å². The van der Waals surface area contributed by atoms with E-state index in [1.807, 2.05) is 24.3 Å². The van der Waals surface area contributed by atoms with Crippen LogP contribution < -0.4 is 26.4 Å². The summed E-state index contributed by atoms with van der Waals surface area (Å²) in [5.74, 6) is -0.501. The summed E-state index contributed by atoms with van der Waals surface area (Å²) >= 11 is 1.03. The second-order valence-corrected chi connectivity index (χ2v) is 13.5. The fourth-order valence-corrected chi connectivity index (χ4v) is 6.22. The van der Waals surface area contributed by atoms with Crippen molar-refractivity contribution in [1.82, 2.24) is 46.3 Å². The van der Waals surface area contributed by atoms with Crippen molar-refractivity contribution < 1.29 is 36.4 Å². The predicted octanol–water partition coefficient (Wildman–Crippen LogP) is 0.332. The molecule has 0 saturated carbocycles. The molecule has 2 unspecified atom stereocenters. The highest BCUT2D eigenvalue weighted by Gasteiger charge is 2.58. The molecule has 2 aliphatic heterocycles. The molecule has 0 bridgehead atoms. The van der Waals surface area contributed by atoms with Gasteiger partial charge in [-0.1, -0.05) is 10.4 Å². The standard InChI is InChI=1S/C27H32N12O8S2/c1-27(2)22(25(41)39(27)47-49(42,43)44)33-24(40)21(18-13-48-26(28)32-18)36-46-19(23-34-37-38-35-23)12-45-16-4-5-17-14(11-16)3-6-20(31-17)30-15-7-9-29-10-8-15/h3-6,11,13,15,19,22,29H,7-10,12H2,1-2H3,(H2,28,32)(H,30,31)(H,33,40)(H,42,43,44)(H,34,35,37,38)/b36-21-. The number of nitrogens with one attached hydrogen (secondary N) is 4. The number of carbonyl (C=O) groups excluding carboxylic acids is 2. The van der Waals surface area contributed by atoms with Gasteiger partial charge in [0.25, 0.3) is 11.8 Å². The molecule has 6 rings (SSSR count). The first-order valence-electron chi connectivity index (χ1n) is 14.9. The van der Waals surface area contributed by atoms with Gasteiger partial charge in [-0.2, -0.15) is 18.7 Å². The van der Waals surface area contributed by atoms with Crippen LogP contribution in [0.25, 0.3) is 10.9 Å². The molecule has 22 heteroatoms. The first kappa shape index (κ1) is 33.9. The third kappa shape index (κ3) is 7.83. The summed E-state index contributed by atoms with van der Waals surface area (Å²) in [5, 5.41) is 30.0. The molecule has 3 aromatic heterocycles. The van der Waals surface area contributed by atoms with E-state index in [0.29, 0.717) is 16.9 Å². The lowest BCUT2D eigenvalue weighted by atomic mass is 9.84. The maximum Gasteiger partial charge on any atom is 0.418 e. The third-order valence-corrected chi connectivity index (χ3v) is 8.79. The normalized spacial score (nSPS) is 18.9. The van der Waals surface area contributed by atoms with Crippen molar-refractivity contribution >= 4 is 61.1 Å². The average molecular weight is 717 g/mol. The number of rotatable bonds is 13. The van der Waals surface area contributed by atoms with Gasteiger partial charge in [-0.25, -0.2) is 9.97 Å². The molecular weight excluding hydrogens is 685 g/mol. The molecule has 2 fully saturated rings. The number of amides is 2. The number of anilines is 2. The highest BCUT2D eigenvalue weighted by Crippen LogP contribution is 2.33. The lowest BCUT2D eigenvalue weighted by Gasteiger charge is -2.50. The first-order valence-corrected chi connectivity index (χ1v) is 17.1. The predicted molar refractivity (Wildman–Crippen MR) is 173 cm³/mol. The third-order valence-electron chi connectivity index (χ3n) is 7.77. The van der Waals surface area contributed by atoms with Crippen LogP contribution in [0.15, 0.2) is 40.9 Å². The molecule has 5 heterocycles. The number of nitrogen functional groups attached to an aromatic ring is 1. The minimum atomic E-state index is -4.99. The highest BCUT2D eigenvalue weighted by molar-refractivity contribution is 7.80. The fraction of sp³-hybridized carbons (Fsp3) is 0.407. The number of ether oxygens (including phenoxy) is 1. The van der Waals surface area contributed by atoms with Gasteiger partial charge in [0.1, 0.15) is 29.9 Å². The van der Waals surface area contributed by atoms with E-state index in [4.69, 9.17) is 24.8 Å². The molecule has 2 amide bonds. The van der Waals surface area contributed by atoms with E-state index >= 15 is 0 Å². The van der Waals surface area contributed by atoms with Crippen molar-refractivity contribution in [3.8, 4) is 5.75 Å². The van der Waals surface area contributed by atoms with Crippen molar-refractivity contribution in [1.29, 1.82) is 0 Å². The highest BCUT2D eigenvalue weighted by atomic mass is 32.3. The lowest BCUT2D eigenvalue weighted by Crippen LogP contribution is -2.76. The Morgan fingerprint density at radius 1 is 1.24 bits per heavy atom. The molecule has 0 spiro atoms. The van der Waals surface area contributed by atoms with Crippen LogP contribution in [-0.4, -0.2) is 103 Å². The number of piperidine rings is 1. The molecular formula is C27H32N12O8S2. The zero-order valence-corrected chi connectivity index (χ0v) is 27.7.